The summed E-state index contributed by atoms with van der Waals surface area (Å²) in [5, 5.41) is 0. The summed E-state index contributed by atoms with van der Waals surface area (Å²) in [6.07, 6.45) is 16.3. The molecule has 0 bridgehead atoms. The van der Waals surface area contributed by atoms with Gasteiger partial charge >= 0.3 is 0 Å². The Morgan fingerprint density at radius 3 is 1.44 bits per heavy atom. The van der Waals surface area contributed by atoms with E-state index < -0.39 is 7.26 Å². The molecule has 0 saturated carbocycles. The minimum Gasteiger partial charge on any atom is -0.0654 e. The van der Waals surface area contributed by atoms with Crippen LogP contribution in [0.3, 0.4) is 0 Å². The zero-order chi connectivity index (χ0) is 12.3. The molecule has 0 amide bonds. The summed E-state index contributed by atoms with van der Waals surface area (Å²) in [6.45, 7) is 9.52. The molecule has 98 valence electrons. The third-order valence-corrected chi connectivity index (χ3v) is 9.28. The lowest BCUT2D eigenvalue weighted by molar-refractivity contribution is 0.701. The molecule has 0 saturated heterocycles. The summed E-state index contributed by atoms with van der Waals surface area (Å²) in [5.74, 6) is 0. The first-order valence-electron chi connectivity index (χ1n) is 7.59. The Morgan fingerprint density at radius 2 is 1.00 bits per heavy atom. The van der Waals surface area contributed by atoms with Gasteiger partial charge < -0.3 is 0 Å². The van der Waals surface area contributed by atoms with E-state index in [1.165, 1.54) is 57.3 Å². The van der Waals surface area contributed by atoms with Gasteiger partial charge in [0.25, 0.3) is 0 Å². The van der Waals surface area contributed by atoms with Gasteiger partial charge in [-0.15, -0.1) is 0 Å². The van der Waals surface area contributed by atoms with Crippen LogP contribution in [0.4, 0.5) is 0 Å². The molecule has 0 unspecified atom stereocenters. The van der Waals surface area contributed by atoms with E-state index in [-0.39, 0.29) is 0 Å². The molecule has 0 rings (SSSR count). The van der Waals surface area contributed by atoms with Gasteiger partial charge in [-0.2, -0.15) is 0 Å². The van der Waals surface area contributed by atoms with Crippen LogP contribution in [0.25, 0.3) is 0 Å². The van der Waals surface area contributed by atoms with Gasteiger partial charge in [0, 0.05) is 7.26 Å². The second-order valence-corrected chi connectivity index (χ2v) is 10.0. The first-order valence-corrected chi connectivity index (χ1v) is 10.1. The van der Waals surface area contributed by atoms with Crippen molar-refractivity contribution >= 4 is 7.26 Å². The Kier molecular flexibility index (Phi) is 10.9. The third-order valence-electron chi connectivity index (χ3n) is 4.06. The lowest BCUT2D eigenvalue weighted by atomic mass is 10.2. The Balaban J connectivity index is 3.90. The molecule has 0 heterocycles. The van der Waals surface area contributed by atoms with Crippen molar-refractivity contribution in [1.29, 1.82) is 0 Å². The van der Waals surface area contributed by atoms with Gasteiger partial charge in [-0.3, -0.25) is 0 Å². The number of hydrogen-bond donors (Lipinski definition) is 0. The van der Waals surface area contributed by atoms with Gasteiger partial charge in [-0.05, 0) is 33.1 Å². The van der Waals surface area contributed by atoms with Gasteiger partial charge in [0.2, 0.25) is 0 Å². The summed E-state index contributed by atoms with van der Waals surface area (Å²) in [7, 11) is -0.528. The first kappa shape index (κ1) is 16.4. The smallest absolute Gasteiger partial charge is 0.0594 e. The van der Waals surface area contributed by atoms with Crippen LogP contribution in [0.15, 0.2) is 0 Å². The second kappa shape index (κ2) is 10.6. The largest absolute Gasteiger partial charge is 0.0654 e. The fourth-order valence-electron chi connectivity index (χ4n) is 2.54. The standard InChI is InChI=1S/C15H34P/c1-5-9-11-13-15-16(7-3,8-4)14-12-10-6-2/h5-15H2,1-4H3/q+1. The highest BCUT2D eigenvalue weighted by Crippen LogP contribution is 2.59. The van der Waals surface area contributed by atoms with E-state index >= 15 is 0 Å². The second-order valence-electron chi connectivity index (χ2n) is 5.19. The minimum atomic E-state index is -0.528. The summed E-state index contributed by atoms with van der Waals surface area (Å²) < 4.78 is 0. The fourth-order valence-corrected chi connectivity index (χ4v) is 6.26. The van der Waals surface area contributed by atoms with E-state index in [1.807, 2.05) is 0 Å². The van der Waals surface area contributed by atoms with Crippen molar-refractivity contribution in [2.75, 3.05) is 24.6 Å². The maximum atomic E-state index is 2.45. The van der Waals surface area contributed by atoms with Crippen LogP contribution in [0, 0.1) is 0 Å². The first-order chi connectivity index (χ1) is 7.74. The molecule has 0 aromatic carbocycles. The average Bonchev–Trinajstić information content (AvgIpc) is 2.33. The van der Waals surface area contributed by atoms with Crippen molar-refractivity contribution in [3.05, 3.63) is 0 Å². The van der Waals surface area contributed by atoms with Crippen molar-refractivity contribution < 1.29 is 0 Å². The molecule has 0 N–H and O–H groups in total. The third kappa shape index (κ3) is 6.89. The highest BCUT2D eigenvalue weighted by atomic mass is 31.2. The van der Waals surface area contributed by atoms with Crippen LogP contribution < -0.4 is 0 Å². The average molecular weight is 245 g/mol. The number of unbranched alkanes of at least 4 members (excludes halogenated alkanes) is 5. The Labute approximate surface area is 105 Å². The number of rotatable bonds is 11. The topological polar surface area (TPSA) is 0 Å². The predicted octanol–water partition coefficient (Wildman–Crippen LogP) is 5.81. The van der Waals surface area contributed by atoms with Gasteiger partial charge in [0.05, 0.1) is 24.6 Å². The van der Waals surface area contributed by atoms with Gasteiger partial charge in [-0.25, -0.2) is 0 Å². The van der Waals surface area contributed by atoms with Gasteiger partial charge in [0.1, 0.15) is 0 Å². The van der Waals surface area contributed by atoms with E-state index in [2.05, 4.69) is 27.7 Å². The molecule has 0 spiro atoms. The van der Waals surface area contributed by atoms with Crippen LogP contribution in [0.5, 0.6) is 0 Å². The van der Waals surface area contributed by atoms with E-state index in [1.54, 1.807) is 12.3 Å². The Hall–Kier alpha value is 0.430. The van der Waals surface area contributed by atoms with E-state index in [0.717, 1.165) is 0 Å². The van der Waals surface area contributed by atoms with Crippen molar-refractivity contribution in [3.8, 4) is 0 Å². The lowest BCUT2D eigenvalue weighted by Crippen LogP contribution is -2.09. The van der Waals surface area contributed by atoms with Crippen LogP contribution in [-0.2, 0) is 0 Å². The predicted molar refractivity (Wildman–Crippen MR) is 81.4 cm³/mol. The molecule has 16 heavy (non-hydrogen) atoms. The van der Waals surface area contributed by atoms with Crippen LogP contribution in [-0.4, -0.2) is 24.6 Å². The minimum absolute atomic E-state index is 0.528. The van der Waals surface area contributed by atoms with Crippen molar-refractivity contribution in [2.24, 2.45) is 0 Å². The molecule has 1 heteroatoms. The van der Waals surface area contributed by atoms with Gasteiger partial charge in [0.15, 0.2) is 0 Å². The summed E-state index contributed by atoms with van der Waals surface area (Å²) >= 11 is 0. The van der Waals surface area contributed by atoms with Crippen LogP contribution >= 0.6 is 7.26 Å². The van der Waals surface area contributed by atoms with E-state index in [4.69, 9.17) is 0 Å². The normalized spacial score (nSPS) is 12.0. The van der Waals surface area contributed by atoms with E-state index in [0.29, 0.717) is 0 Å². The molecule has 0 fully saturated rings. The zero-order valence-electron chi connectivity index (χ0n) is 12.2. The van der Waals surface area contributed by atoms with Crippen molar-refractivity contribution in [1.82, 2.24) is 0 Å². The molecule has 0 nitrogen and oxygen atoms in total. The molecular formula is C15H34P+. The summed E-state index contributed by atoms with van der Waals surface area (Å²) in [4.78, 5) is 0. The maximum absolute atomic E-state index is 2.45. The SMILES string of the molecule is CCCCCC[P+](CC)(CC)CCCCC. The van der Waals surface area contributed by atoms with Crippen LogP contribution in [0.1, 0.15) is 72.6 Å². The molecule has 0 atom stereocenters. The molecule has 0 aromatic heterocycles. The van der Waals surface area contributed by atoms with Crippen molar-refractivity contribution in [2.45, 2.75) is 72.6 Å². The fraction of sp³-hybridized carbons (Fsp3) is 1.00. The van der Waals surface area contributed by atoms with E-state index in [9.17, 15) is 0 Å². The zero-order valence-corrected chi connectivity index (χ0v) is 13.1. The molecule has 0 radical (unpaired) electrons. The maximum Gasteiger partial charge on any atom is 0.0594 e. The van der Waals surface area contributed by atoms with Gasteiger partial charge in [-0.1, -0.05) is 39.5 Å². The number of hydrogen-bond acceptors (Lipinski definition) is 0. The molecular weight excluding hydrogens is 211 g/mol. The quantitative estimate of drug-likeness (QED) is 0.318. The highest BCUT2D eigenvalue weighted by molar-refractivity contribution is 7.75. The molecule has 0 aliphatic rings. The van der Waals surface area contributed by atoms with Crippen molar-refractivity contribution in [3.63, 3.8) is 0 Å². The Bertz CT molecular complexity index is 138. The summed E-state index contributed by atoms with van der Waals surface area (Å²) in [6, 6.07) is 0. The highest BCUT2D eigenvalue weighted by Gasteiger charge is 2.31. The van der Waals surface area contributed by atoms with Crippen LogP contribution in [0.2, 0.25) is 0 Å². The monoisotopic (exact) mass is 245 g/mol. The molecule has 0 aliphatic heterocycles. The Morgan fingerprint density at radius 1 is 0.562 bits per heavy atom. The molecule has 0 aliphatic carbocycles. The summed E-state index contributed by atoms with van der Waals surface area (Å²) in [5.41, 5.74) is 0. The lowest BCUT2D eigenvalue weighted by Gasteiger charge is -2.25. The molecule has 0 aromatic rings.